The van der Waals surface area contributed by atoms with Gasteiger partial charge in [0.15, 0.2) is 0 Å². The Morgan fingerprint density at radius 1 is 1.62 bits per heavy atom. The van der Waals surface area contributed by atoms with Crippen LogP contribution in [-0.4, -0.2) is 23.9 Å². The SMILES string of the molecule is CC1CNCC1C(=O)Cc1ccnc(N)c1. The van der Waals surface area contributed by atoms with Crippen molar-refractivity contribution in [3.8, 4) is 0 Å². The highest BCUT2D eigenvalue weighted by Gasteiger charge is 2.29. The summed E-state index contributed by atoms with van der Waals surface area (Å²) in [6.45, 7) is 3.86. The van der Waals surface area contributed by atoms with Gasteiger partial charge in [-0.05, 0) is 30.2 Å². The first-order valence-corrected chi connectivity index (χ1v) is 5.60. The zero-order valence-corrected chi connectivity index (χ0v) is 9.44. The molecule has 2 atom stereocenters. The molecule has 1 aliphatic heterocycles. The number of aromatic nitrogens is 1. The van der Waals surface area contributed by atoms with E-state index in [2.05, 4.69) is 17.2 Å². The largest absolute Gasteiger partial charge is 0.384 e. The first-order chi connectivity index (χ1) is 7.66. The number of pyridine rings is 1. The van der Waals surface area contributed by atoms with Crippen LogP contribution >= 0.6 is 0 Å². The van der Waals surface area contributed by atoms with Gasteiger partial charge in [0.25, 0.3) is 0 Å². The number of hydrogen-bond donors (Lipinski definition) is 2. The molecule has 0 aromatic carbocycles. The monoisotopic (exact) mass is 219 g/mol. The van der Waals surface area contributed by atoms with Crippen LogP contribution in [-0.2, 0) is 11.2 Å². The second kappa shape index (κ2) is 4.61. The van der Waals surface area contributed by atoms with E-state index in [4.69, 9.17) is 5.73 Å². The van der Waals surface area contributed by atoms with Crippen molar-refractivity contribution < 1.29 is 4.79 Å². The van der Waals surface area contributed by atoms with Crippen LogP contribution in [0.3, 0.4) is 0 Å². The van der Waals surface area contributed by atoms with Crippen molar-refractivity contribution in [2.24, 2.45) is 11.8 Å². The van der Waals surface area contributed by atoms with E-state index in [0.717, 1.165) is 18.7 Å². The van der Waals surface area contributed by atoms with Crippen LogP contribution in [0.25, 0.3) is 0 Å². The first kappa shape index (κ1) is 11.1. The highest BCUT2D eigenvalue weighted by molar-refractivity contribution is 5.84. The Bertz CT molecular complexity index is 392. The van der Waals surface area contributed by atoms with E-state index in [1.165, 1.54) is 0 Å². The fourth-order valence-corrected chi connectivity index (χ4v) is 2.18. The van der Waals surface area contributed by atoms with Gasteiger partial charge in [0.05, 0.1) is 0 Å². The smallest absolute Gasteiger partial charge is 0.141 e. The minimum atomic E-state index is 0.148. The molecule has 1 aliphatic rings. The number of carbonyl (C=O) groups excluding carboxylic acids is 1. The maximum absolute atomic E-state index is 12.0. The summed E-state index contributed by atoms with van der Waals surface area (Å²) < 4.78 is 0. The van der Waals surface area contributed by atoms with Gasteiger partial charge in [0.2, 0.25) is 0 Å². The van der Waals surface area contributed by atoms with Crippen molar-refractivity contribution in [3.63, 3.8) is 0 Å². The summed E-state index contributed by atoms with van der Waals surface area (Å²) >= 11 is 0. The summed E-state index contributed by atoms with van der Waals surface area (Å²) in [5, 5.41) is 3.24. The topological polar surface area (TPSA) is 68.0 Å². The molecule has 2 heterocycles. The average molecular weight is 219 g/mol. The molecule has 0 spiro atoms. The number of carbonyl (C=O) groups is 1. The van der Waals surface area contributed by atoms with Crippen LogP contribution in [0.2, 0.25) is 0 Å². The van der Waals surface area contributed by atoms with Crippen LogP contribution in [0.15, 0.2) is 18.3 Å². The van der Waals surface area contributed by atoms with E-state index in [1.807, 2.05) is 6.07 Å². The number of ketones is 1. The van der Waals surface area contributed by atoms with Crippen LogP contribution in [0.1, 0.15) is 12.5 Å². The van der Waals surface area contributed by atoms with Gasteiger partial charge in [0, 0.05) is 25.1 Å². The van der Waals surface area contributed by atoms with Crippen LogP contribution in [0, 0.1) is 11.8 Å². The molecule has 1 aromatic heterocycles. The molecule has 0 bridgehead atoms. The van der Waals surface area contributed by atoms with Crippen LogP contribution in [0.5, 0.6) is 0 Å². The van der Waals surface area contributed by atoms with Crippen molar-refractivity contribution >= 4 is 11.6 Å². The third kappa shape index (κ3) is 2.39. The zero-order chi connectivity index (χ0) is 11.5. The van der Waals surface area contributed by atoms with E-state index in [0.29, 0.717) is 23.9 Å². The minimum absolute atomic E-state index is 0.148. The average Bonchev–Trinajstić information content (AvgIpc) is 2.64. The number of nitrogens with zero attached hydrogens (tertiary/aromatic N) is 1. The summed E-state index contributed by atoms with van der Waals surface area (Å²) in [5.41, 5.74) is 6.54. The number of anilines is 1. The van der Waals surface area contributed by atoms with E-state index >= 15 is 0 Å². The zero-order valence-electron chi connectivity index (χ0n) is 9.44. The lowest BCUT2D eigenvalue weighted by Gasteiger charge is -2.12. The Balaban J connectivity index is 2.02. The van der Waals surface area contributed by atoms with Gasteiger partial charge in [-0.3, -0.25) is 4.79 Å². The number of rotatable bonds is 3. The maximum atomic E-state index is 12.0. The highest BCUT2D eigenvalue weighted by Crippen LogP contribution is 2.19. The van der Waals surface area contributed by atoms with Gasteiger partial charge < -0.3 is 11.1 Å². The van der Waals surface area contributed by atoms with Crippen molar-refractivity contribution in [1.82, 2.24) is 10.3 Å². The standard InChI is InChI=1S/C12H17N3O/c1-8-6-14-7-10(8)11(16)4-9-2-3-15-12(13)5-9/h2-3,5,8,10,14H,4,6-7H2,1H3,(H2,13,15). The molecule has 1 aromatic rings. The van der Waals surface area contributed by atoms with E-state index in [-0.39, 0.29) is 5.92 Å². The van der Waals surface area contributed by atoms with Gasteiger partial charge >= 0.3 is 0 Å². The van der Waals surface area contributed by atoms with Gasteiger partial charge in [-0.15, -0.1) is 0 Å². The van der Waals surface area contributed by atoms with E-state index in [9.17, 15) is 4.79 Å². The molecule has 2 rings (SSSR count). The second-order valence-electron chi connectivity index (χ2n) is 4.47. The Kier molecular flexibility index (Phi) is 3.19. The number of nitrogens with one attached hydrogen (secondary N) is 1. The number of nitrogens with two attached hydrogens (primary N) is 1. The lowest BCUT2D eigenvalue weighted by molar-refractivity contribution is -0.122. The molecule has 2 unspecified atom stereocenters. The van der Waals surface area contributed by atoms with Gasteiger partial charge in [0.1, 0.15) is 11.6 Å². The van der Waals surface area contributed by atoms with E-state index < -0.39 is 0 Å². The molecule has 3 N–H and O–H groups in total. The highest BCUT2D eigenvalue weighted by atomic mass is 16.1. The molecule has 16 heavy (non-hydrogen) atoms. The number of Topliss-reactive ketones (excluding diaryl/α,β-unsaturated/α-hetero) is 1. The lowest BCUT2D eigenvalue weighted by Crippen LogP contribution is -2.23. The normalized spacial score (nSPS) is 24.6. The van der Waals surface area contributed by atoms with Crippen molar-refractivity contribution in [1.29, 1.82) is 0 Å². The summed E-state index contributed by atoms with van der Waals surface area (Å²) in [5.74, 6) is 1.35. The number of nitrogen functional groups attached to an aromatic ring is 1. The predicted octanol–water partition coefficient (Wildman–Crippen LogP) is 0.631. The summed E-state index contributed by atoms with van der Waals surface area (Å²) in [7, 11) is 0. The molecular weight excluding hydrogens is 202 g/mol. The van der Waals surface area contributed by atoms with Gasteiger partial charge in [-0.2, -0.15) is 0 Å². The molecular formula is C12H17N3O. The quantitative estimate of drug-likeness (QED) is 0.782. The molecule has 4 heteroatoms. The Hall–Kier alpha value is -1.42. The molecule has 1 saturated heterocycles. The van der Waals surface area contributed by atoms with Crippen molar-refractivity contribution in [2.45, 2.75) is 13.3 Å². The minimum Gasteiger partial charge on any atom is -0.384 e. The first-order valence-electron chi connectivity index (χ1n) is 5.60. The molecule has 0 saturated carbocycles. The summed E-state index contributed by atoms with van der Waals surface area (Å²) in [6, 6.07) is 3.62. The molecule has 1 fully saturated rings. The Morgan fingerprint density at radius 2 is 2.44 bits per heavy atom. The Labute approximate surface area is 95.3 Å². The molecule has 86 valence electrons. The molecule has 0 amide bonds. The summed E-state index contributed by atoms with van der Waals surface area (Å²) in [4.78, 5) is 15.9. The van der Waals surface area contributed by atoms with Crippen LogP contribution in [0.4, 0.5) is 5.82 Å². The molecule has 0 radical (unpaired) electrons. The summed E-state index contributed by atoms with van der Waals surface area (Å²) in [6.07, 6.45) is 2.11. The fourth-order valence-electron chi connectivity index (χ4n) is 2.18. The van der Waals surface area contributed by atoms with Crippen LogP contribution < -0.4 is 11.1 Å². The van der Waals surface area contributed by atoms with Gasteiger partial charge in [-0.25, -0.2) is 4.98 Å². The lowest BCUT2D eigenvalue weighted by atomic mass is 9.90. The maximum Gasteiger partial charge on any atom is 0.141 e. The van der Waals surface area contributed by atoms with Gasteiger partial charge in [-0.1, -0.05) is 6.92 Å². The van der Waals surface area contributed by atoms with Crippen molar-refractivity contribution in [3.05, 3.63) is 23.9 Å². The molecule has 4 nitrogen and oxygen atoms in total. The fraction of sp³-hybridized carbons (Fsp3) is 0.500. The predicted molar refractivity (Wildman–Crippen MR) is 62.9 cm³/mol. The third-order valence-electron chi connectivity index (χ3n) is 3.15. The Morgan fingerprint density at radius 3 is 3.06 bits per heavy atom. The second-order valence-corrected chi connectivity index (χ2v) is 4.47. The molecule has 0 aliphatic carbocycles. The van der Waals surface area contributed by atoms with E-state index in [1.54, 1.807) is 12.3 Å². The number of hydrogen-bond acceptors (Lipinski definition) is 4. The van der Waals surface area contributed by atoms with Crippen molar-refractivity contribution in [2.75, 3.05) is 18.8 Å². The third-order valence-corrected chi connectivity index (χ3v) is 3.15.